The number of ether oxygens (including phenoxy) is 1. The molecule has 2 fully saturated rings. The van der Waals surface area contributed by atoms with Crippen LogP contribution in [0.2, 0.25) is 0 Å². The number of anilines is 1. The Morgan fingerprint density at radius 1 is 1.44 bits per heavy atom. The van der Waals surface area contributed by atoms with Gasteiger partial charge in [-0.05, 0) is 38.2 Å². The number of pyridine rings is 1. The van der Waals surface area contributed by atoms with Crippen LogP contribution in [0.5, 0.6) is 5.75 Å². The maximum Gasteiger partial charge on any atom is 0.341 e. The second-order valence-electron chi connectivity index (χ2n) is 8.60. The van der Waals surface area contributed by atoms with Crippen molar-refractivity contribution < 1.29 is 19.0 Å². The van der Waals surface area contributed by atoms with Crippen molar-refractivity contribution in [3.05, 3.63) is 33.9 Å². The lowest BCUT2D eigenvalue weighted by Crippen LogP contribution is -2.36. The van der Waals surface area contributed by atoms with Gasteiger partial charge in [0.1, 0.15) is 11.3 Å². The number of nitrogens with zero attached hydrogens (tertiary/aromatic N) is 3. The first kappa shape index (κ1) is 22.1. The summed E-state index contributed by atoms with van der Waals surface area (Å²) in [6.45, 7) is 3.92. The van der Waals surface area contributed by atoms with E-state index in [2.05, 4.69) is 18.3 Å². The van der Waals surface area contributed by atoms with Crippen LogP contribution in [0.1, 0.15) is 49.0 Å². The molecule has 0 amide bonds. The molecule has 4 rings (SSSR count). The number of nitriles is 1. The summed E-state index contributed by atoms with van der Waals surface area (Å²) in [7, 11) is 1.45. The zero-order chi connectivity index (χ0) is 23.0. The summed E-state index contributed by atoms with van der Waals surface area (Å²) in [5.74, 6) is -1.38. The molecule has 2 heterocycles. The van der Waals surface area contributed by atoms with Crippen molar-refractivity contribution in [1.82, 2.24) is 9.88 Å². The van der Waals surface area contributed by atoms with E-state index in [1.165, 1.54) is 13.3 Å². The minimum atomic E-state index is -1.32. The van der Waals surface area contributed by atoms with Gasteiger partial charge in [0.15, 0.2) is 11.6 Å². The smallest absolute Gasteiger partial charge is 0.341 e. The average molecular weight is 442 g/mol. The van der Waals surface area contributed by atoms with Crippen LogP contribution in [0.3, 0.4) is 0 Å². The number of halogens is 1. The number of methoxy groups -OCH3 is 1. The number of rotatable bonds is 8. The molecule has 0 bridgehead atoms. The number of hydrogen-bond donors (Lipinski definition) is 2. The fourth-order valence-corrected chi connectivity index (χ4v) is 4.65. The molecular weight excluding hydrogens is 415 g/mol. The first-order chi connectivity index (χ1) is 15.4. The number of aromatic nitrogens is 1. The molecule has 1 aromatic carbocycles. The number of aromatic carboxylic acids is 1. The highest BCUT2D eigenvalue weighted by Gasteiger charge is 2.34. The van der Waals surface area contributed by atoms with Crippen molar-refractivity contribution in [3.63, 3.8) is 0 Å². The van der Waals surface area contributed by atoms with Crippen LogP contribution in [0.4, 0.5) is 10.1 Å². The third kappa shape index (κ3) is 3.91. The zero-order valence-corrected chi connectivity index (χ0v) is 18.2. The highest BCUT2D eigenvalue weighted by molar-refractivity contribution is 5.97. The van der Waals surface area contributed by atoms with Gasteiger partial charge in [-0.2, -0.15) is 5.26 Å². The molecule has 2 aliphatic rings. The number of hydrogen-bond acceptors (Lipinski definition) is 6. The van der Waals surface area contributed by atoms with Crippen molar-refractivity contribution in [2.45, 2.75) is 44.7 Å². The number of carboxylic acids is 1. The molecular formula is C23H27FN4O4. The van der Waals surface area contributed by atoms with E-state index in [1.54, 1.807) is 4.57 Å². The summed E-state index contributed by atoms with van der Waals surface area (Å²) < 4.78 is 22.8. The third-order valence-electron chi connectivity index (χ3n) is 6.52. The lowest BCUT2D eigenvalue weighted by molar-refractivity contribution is 0.0695. The lowest BCUT2D eigenvalue weighted by atomic mass is 10.0. The molecule has 1 aromatic heterocycles. The lowest BCUT2D eigenvalue weighted by Gasteiger charge is -2.26. The summed E-state index contributed by atoms with van der Waals surface area (Å²) in [5.41, 5.74) is -0.312. The summed E-state index contributed by atoms with van der Waals surface area (Å²) >= 11 is 0. The minimum Gasteiger partial charge on any atom is -0.492 e. The molecule has 170 valence electrons. The van der Waals surface area contributed by atoms with E-state index in [-0.39, 0.29) is 34.7 Å². The molecule has 1 saturated heterocycles. The zero-order valence-electron chi connectivity index (χ0n) is 18.2. The summed E-state index contributed by atoms with van der Waals surface area (Å²) in [5, 5.41) is 21.6. The number of carboxylic acid groups (broad SMARTS) is 1. The topological polar surface area (TPSA) is 108 Å². The van der Waals surface area contributed by atoms with Crippen LogP contribution >= 0.6 is 0 Å². The maximum atomic E-state index is 15.4. The van der Waals surface area contributed by atoms with E-state index >= 15 is 4.39 Å². The van der Waals surface area contributed by atoms with Crippen LogP contribution < -0.4 is 20.4 Å². The Morgan fingerprint density at radius 3 is 2.81 bits per heavy atom. The molecule has 1 aliphatic carbocycles. The van der Waals surface area contributed by atoms with Crippen LogP contribution in [0, 0.1) is 23.1 Å². The summed E-state index contributed by atoms with van der Waals surface area (Å²) in [6, 6.07) is 3.52. The monoisotopic (exact) mass is 442 g/mol. The molecule has 32 heavy (non-hydrogen) atoms. The van der Waals surface area contributed by atoms with Gasteiger partial charge in [-0.15, -0.1) is 0 Å². The van der Waals surface area contributed by atoms with Crippen LogP contribution in [0.15, 0.2) is 17.1 Å². The van der Waals surface area contributed by atoms with E-state index in [9.17, 15) is 14.7 Å². The molecule has 8 nitrogen and oxygen atoms in total. The van der Waals surface area contributed by atoms with Gasteiger partial charge >= 0.3 is 5.97 Å². The SMILES string of the molecule is COc1c(N2CCC(C(C)NCCC#N)C2)c(F)cc2c(=O)c(C(=O)O)cn(C3CC3)c12. The predicted octanol–water partition coefficient (Wildman–Crippen LogP) is 2.90. The fourth-order valence-electron chi connectivity index (χ4n) is 4.65. The molecule has 9 heteroatoms. The van der Waals surface area contributed by atoms with Crippen molar-refractivity contribution in [2.75, 3.05) is 31.6 Å². The maximum absolute atomic E-state index is 15.4. The summed E-state index contributed by atoms with van der Waals surface area (Å²) in [6.07, 6.45) is 4.39. The van der Waals surface area contributed by atoms with Gasteiger partial charge in [-0.25, -0.2) is 9.18 Å². The molecule has 2 N–H and O–H groups in total. The van der Waals surface area contributed by atoms with Gasteiger partial charge in [-0.3, -0.25) is 4.79 Å². The van der Waals surface area contributed by atoms with Gasteiger partial charge < -0.3 is 24.6 Å². The van der Waals surface area contributed by atoms with Crippen LogP contribution in [-0.2, 0) is 0 Å². The molecule has 0 spiro atoms. The molecule has 2 aromatic rings. The Bertz CT molecular complexity index is 1150. The Morgan fingerprint density at radius 2 is 2.19 bits per heavy atom. The first-order valence-corrected chi connectivity index (χ1v) is 10.9. The Labute approximate surface area is 185 Å². The van der Waals surface area contributed by atoms with Crippen LogP contribution in [0.25, 0.3) is 10.9 Å². The highest BCUT2D eigenvalue weighted by atomic mass is 19.1. The number of carbonyl (C=O) groups is 1. The van der Waals surface area contributed by atoms with Crippen molar-refractivity contribution in [1.29, 1.82) is 5.26 Å². The number of nitrogens with one attached hydrogen (secondary N) is 1. The van der Waals surface area contributed by atoms with E-state index in [1.807, 2.05) is 4.90 Å². The Balaban J connectivity index is 1.77. The van der Waals surface area contributed by atoms with Gasteiger partial charge in [0.05, 0.1) is 24.1 Å². The summed E-state index contributed by atoms with van der Waals surface area (Å²) in [4.78, 5) is 26.4. The first-order valence-electron chi connectivity index (χ1n) is 10.9. The largest absolute Gasteiger partial charge is 0.492 e. The van der Waals surface area contributed by atoms with E-state index in [4.69, 9.17) is 10.00 Å². The molecule has 2 atom stereocenters. The van der Waals surface area contributed by atoms with Crippen molar-refractivity contribution in [3.8, 4) is 11.8 Å². The minimum absolute atomic E-state index is 0.0252. The molecule has 2 unspecified atom stereocenters. The van der Waals surface area contributed by atoms with Crippen molar-refractivity contribution in [2.24, 2.45) is 5.92 Å². The number of fused-ring (bicyclic) bond motifs is 1. The van der Waals surface area contributed by atoms with Gasteiger partial charge in [0.2, 0.25) is 5.43 Å². The van der Waals surface area contributed by atoms with Crippen molar-refractivity contribution >= 4 is 22.6 Å². The van der Waals surface area contributed by atoms with E-state index in [0.29, 0.717) is 37.3 Å². The van der Waals surface area contributed by atoms with Gasteiger partial charge in [0.25, 0.3) is 0 Å². The Kier molecular flexibility index (Phi) is 6.07. The molecule has 0 radical (unpaired) electrons. The normalized spacial score (nSPS) is 19.2. The van der Waals surface area contributed by atoms with E-state index < -0.39 is 17.2 Å². The average Bonchev–Trinajstić information content (AvgIpc) is 3.49. The quantitative estimate of drug-likeness (QED) is 0.605. The third-order valence-corrected chi connectivity index (χ3v) is 6.52. The van der Waals surface area contributed by atoms with Gasteiger partial charge in [0, 0.05) is 44.3 Å². The molecule has 1 saturated carbocycles. The van der Waals surface area contributed by atoms with Crippen LogP contribution in [-0.4, -0.2) is 48.4 Å². The standard InChI is InChI=1S/C23H27FN4O4/c1-13(26-8-3-7-25)14-6-9-27(11-14)20-18(24)10-16-19(22(20)32-2)28(15-4-5-15)12-17(21(16)29)23(30)31/h10,12-15,26H,3-6,8-9,11H2,1-2H3,(H,30,31). The Hall–Kier alpha value is -3.12. The van der Waals surface area contributed by atoms with Gasteiger partial charge in [-0.1, -0.05) is 0 Å². The fraction of sp³-hybridized carbons (Fsp3) is 0.522. The second-order valence-corrected chi connectivity index (χ2v) is 8.60. The second kappa shape index (κ2) is 8.79. The predicted molar refractivity (Wildman–Crippen MR) is 118 cm³/mol. The number of benzene rings is 1. The highest BCUT2D eigenvalue weighted by Crippen LogP contribution is 2.44. The van der Waals surface area contributed by atoms with E-state index in [0.717, 1.165) is 25.3 Å². The molecule has 1 aliphatic heterocycles.